The number of halogens is 1. The van der Waals surface area contributed by atoms with Gasteiger partial charge in [0.05, 0.1) is 12.1 Å². The zero-order valence-electron chi connectivity index (χ0n) is 56.6. The lowest BCUT2D eigenvalue weighted by Crippen LogP contribution is -2.47. The van der Waals surface area contributed by atoms with Gasteiger partial charge < -0.3 is 63.0 Å². The summed E-state index contributed by atoms with van der Waals surface area (Å²) in [5.74, 6) is -1.10. The van der Waals surface area contributed by atoms with Gasteiger partial charge in [0, 0.05) is 39.3 Å². The van der Waals surface area contributed by atoms with Crippen LogP contribution >= 0.6 is 11.6 Å². The fourth-order valence-corrected chi connectivity index (χ4v) is 9.18. The quantitative estimate of drug-likeness (QED) is 0.0192. The summed E-state index contributed by atoms with van der Waals surface area (Å²) in [5.41, 5.74) is 30.4. The number of carbonyl (C=O) groups is 7. The first-order valence-electron chi connectivity index (χ1n) is 31.8. The molecule has 1 aliphatic carbocycles. The molecule has 0 bridgehead atoms. The number of aromatic nitrogens is 2. The van der Waals surface area contributed by atoms with Gasteiger partial charge in [0.1, 0.15) is 34.8 Å². The van der Waals surface area contributed by atoms with E-state index < -0.39 is 64.8 Å². The fourth-order valence-electron chi connectivity index (χ4n) is 9.06. The van der Waals surface area contributed by atoms with Crippen LogP contribution in [0.3, 0.4) is 0 Å². The standard InChI is InChI=1S/C62H105ClN18O12/c1-59(2,3)90-55(85)77-53(78-56(86)91-60(4,5)6)72-31-19-16-26-42(64)49(82)69-33-21-35-81(36-22-34-70-50(83)43(65)27-17-20-32-73-54(79-57(87)92-61(7,8)9)80-58(88)93-62(10,11)12)37-38-89-44-29-28-39(40-24-13-14-25-41(40)44)23-15-18-30-71-52(68)76-51(84)45-47(66)75-48(67)46(63)74-45/h28-29,42-43H,13-27,30-38,64-65H2,1-12H3,(H,69,82)(H,70,83)(H4,66,67,75)(H3,68,71,76,84)(H2,72,77,78,85,86)(H2,73,79,80,87,88)/t42-,43-/m1/s1. The third-order valence-corrected chi connectivity index (χ3v) is 13.5. The van der Waals surface area contributed by atoms with Gasteiger partial charge in [-0.25, -0.2) is 29.1 Å². The smallest absolute Gasteiger partial charge is 0.414 e. The number of nitrogen functional groups attached to an aromatic ring is 2. The molecule has 93 heavy (non-hydrogen) atoms. The van der Waals surface area contributed by atoms with E-state index in [1.807, 2.05) is 6.07 Å². The molecule has 3 rings (SSSR count). The molecule has 0 saturated heterocycles. The molecule has 30 nitrogen and oxygen atoms in total. The first kappa shape index (κ1) is 79.4. The number of amides is 7. The highest BCUT2D eigenvalue weighted by molar-refractivity contribution is 6.31. The summed E-state index contributed by atoms with van der Waals surface area (Å²) in [5, 5.41) is 18.0. The molecule has 1 aromatic heterocycles. The van der Waals surface area contributed by atoms with Gasteiger partial charge >= 0.3 is 24.4 Å². The van der Waals surface area contributed by atoms with Crippen molar-refractivity contribution in [1.82, 2.24) is 52.1 Å². The summed E-state index contributed by atoms with van der Waals surface area (Å²) in [7, 11) is 0. The third-order valence-electron chi connectivity index (χ3n) is 13.2. The average molecular weight is 1330 g/mol. The number of aryl methyl sites for hydroxylation is 1. The number of ether oxygens (including phenoxy) is 5. The van der Waals surface area contributed by atoms with Crippen molar-refractivity contribution in [1.29, 1.82) is 0 Å². The van der Waals surface area contributed by atoms with Crippen molar-refractivity contribution >= 4 is 83.2 Å². The van der Waals surface area contributed by atoms with Gasteiger partial charge in [0.2, 0.25) is 23.7 Å². The third kappa shape index (κ3) is 34.6. The molecule has 0 saturated carbocycles. The number of carbonyl (C=O) groups excluding carboxylic acids is 7. The van der Waals surface area contributed by atoms with E-state index in [2.05, 4.69) is 73.1 Å². The normalized spacial score (nSPS) is 13.2. The van der Waals surface area contributed by atoms with Crippen molar-refractivity contribution in [3.8, 4) is 5.75 Å². The van der Waals surface area contributed by atoms with Crippen LogP contribution in [0.15, 0.2) is 27.1 Å². The Kier molecular flexibility index (Phi) is 33.3. The Labute approximate surface area is 552 Å². The topological polar surface area (TPSA) is 446 Å². The lowest BCUT2D eigenvalue weighted by atomic mass is 9.86. The largest absolute Gasteiger partial charge is 0.492 e. The van der Waals surface area contributed by atoms with E-state index in [1.54, 1.807) is 83.1 Å². The Morgan fingerprint density at radius 1 is 0.559 bits per heavy atom. The van der Waals surface area contributed by atoms with Crippen molar-refractivity contribution in [2.45, 2.75) is 214 Å². The molecule has 0 radical (unpaired) electrons. The second kappa shape index (κ2) is 39.0. The highest BCUT2D eigenvalue weighted by Crippen LogP contribution is 2.33. The Bertz CT molecular complexity index is 2710. The summed E-state index contributed by atoms with van der Waals surface area (Å²) in [6.07, 6.45) is 7.08. The molecule has 0 spiro atoms. The van der Waals surface area contributed by atoms with Crippen LogP contribution in [-0.4, -0.2) is 168 Å². The highest BCUT2D eigenvalue weighted by atomic mass is 35.5. The van der Waals surface area contributed by atoms with E-state index in [0.29, 0.717) is 104 Å². The highest BCUT2D eigenvalue weighted by Gasteiger charge is 2.25. The maximum absolute atomic E-state index is 13.2. The van der Waals surface area contributed by atoms with Crippen LogP contribution in [0.5, 0.6) is 5.75 Å². The molecular formula is C62H105ClN18O12. The van der Waals surface area contributed by atoms with E-state index in [-0.39, 0.29) is 65.3 Å². The number of unbranched alkanes of at least 4 members (excludes halogenated alkanes) is 3. The van der Waals surface area contributed by atoms with Gasteiger partial charge in [-0.05, 0) is 215 Å². The van der Waals surface area contributed by atoms with Crippen molar-refractivity contribution in [3.05, 3.63) is 39.7 Å². The second-order valence-electron chi connectivity index (χ2n) is 26.4. The zero-order valence-corrected chi connectivity index (χ0v) is 57.4. The first-order chi connectivity index (χ1) is 43.5. The van der Waals surface area contributed by atoms with E-state index in [9.17, 15) is 33.6 Å². The van der Waals surface area contributed by atoms with E-state index in [0.717, 1.165) is 44.3 Å². The summed E-state index contributed by atoms with van der Waals surface area (Å²) in [6, 6.07) is 2.60. The number of nitrogens with two attached hydrogens (primary N) is 5. The molecule has 522 valence electrons. The summed E-state index contributed by atoms with van der Waals surface area (Å²) in [6.45, 7) is 24.1. The molecule has 1 aromatic carbocycles. The van der Waals surface area contributed by atoms with Crippen molar-refractivity contribution in [2.75, 3.05) is 70.4 Å². The van der Waals surface area contributed by atoms with Gasteiger partial charge in [0.25, 0.3) is 5.91 Å². The Morgan fingerprint density at radius 2 is 0.989 bits per heavy atom. The maximum Gasteiger partial charge on any atom is 0.414 e. The second-order valence-corrected chi connectivity index (χ2v) is 26.7. The maximum atomic E-state index is 13.2. The molecule has 7 amide bonds. The number of nitrogens with zero attached hydrogens (tertiary/aromatic N) is 6. The van der Waals surface area contributed by atoms with Gasteiger partial charge in [-0.15, -0.1) is 0 Å². The van der Waals surface area contributed by atoms with E-state index in [4.69, 9.17) is 64.0 Å². The number of fused-ring (bicyclic) bond motifs is 1. The fraction of sp³-hybridized carbons (Fsp3) is 0.677. The Balaban J connectivity index is 1.60. The van der Waals surface area contributed by atoms with Crippen molar-refractivity contribution < 1.29 is 57.2 Å². The van der Waals surface area contributed by atoms with Crippen molar-refractivity contribution in [2.24, 2.45) is 32.2 Å². The molecule has 0 fully saturated rings. The Hall–Kier alpha value is -7.83. The monoisotopic (exact) mass is 1330 g/mol. The number of benzene rings is 1. The predicted molar refractivity (Wildman–Crippen MR) is 359 cm³/mol. The summed E-state index contributed by atoms with van der Waals surface area (Å²) in [4.78, 5) is 112. The lowest BCUT2D eigenvalue weighted by Gasteiger charge is -2.25. The molecule has 31 heteroatoms. The number of alkyl carbamates (subject to hydrolysis) is 4. The molecule has 0 unspecified atom stereocenters. The molecule has 1 heterocycles. The average Bonchev–Trinajstić information content (AvgIpc) is 0.987. The van der Waals surface area contributed by atoms with Gasteiger partial charge in [-0.2, -0.15) is 0 Å². The molecule has 2 atom stereocenters. The molecular weight excluding hydrogens is 1220 g/mol. The van der Waals surface area contributed by atoms with Gasteiger partial charge in [-0.1, -0.05) is 17.7 Å². The van der Waals surface area contributed by atoms with Crippen LogP contribution in [0.4, 0.5) is 30.8 Å². The molecule has 1 aliphatic rings. The first-order valence-corrected chi connectivity index (χ1v) is 32.2. The van der Waals surface area contributed by atoms with Gasteiger partial charge in [-0.3, -0.25) is 60.8 Å². The number of nitrogens with one attached hydrogen (secondary N) is 7. The minimum absolute atomic E-state index is 0.0896. The molecule has 2 aromatic rings. The van der Waals surface area contributed by atoms with Crippen LogP contribution in [0.25, 0.3) is 0 Å². The van der Waals surface area contributed by atoms with Crippen LogP contribution in [-0.2, 0) is 47.8 Å². The minimum atomic E-state index is -0.802. The number of hydrogen-bond donors (Lipinski definition) is 12. The number of anilines is 2. The SMILES string of the molecule is CC(C)(C)OC(=O)NC(=NCCCC[C@@H](N)C(=O)NCCCN(CCCNC(=O)[C@H](N)CCCCN=C(NC(=O)OC(C)(C)C)NC(=O)OC(C)(C)C)CCOc1ccc(CCCCN=C(N)NC(=O)c2nc(Cl)c(N)nc2N)c2c1CCCC2)NC(=O)OC(C)(C)C. The Morgan fingerprint density at radius 3 is 1.44 bits per heavy atom. The van der Waals surface area contributed by atoms with Crippen LogP contribution in [0, 0.1) is 0 Å². The lowest BCUT2D eigenvalue weighted by molar-refractivity contribution is -0.123. The summed E-state index contributed by atoms with van der Waals surface area (Å²) >= 11 is 5.92. The minimum Gasteiger partial charge on any atom is -0.492 e. The number of guanidine groups is 3. The van der Waals surface area contributed by atoms with Gasteiger partial charge in [0.15, 0.2) is 28.4 Å². The number of rotatable bonds is 30. The number of aliphatic imine (C=N–C) groups is 3. The predicted octanol–water partition coefficient (Wildman–Crippen LogP) is 5.74. The van der Waals surface area contributed by atoms with Crippen LogP contribution in [0.1, 0.15) is 187 Å². The van der Waals surface area contributed by atoms with E-state index >= 15 is 0 Å². The van der Waals surface area contributed by atoms with Crippen LogP contribution < -0.4 is 70.6 Å². The zero-order chi connectivity index (χ0) is 69.5. The molecule has 0 aliphatic heterocycles. The van der Waals surface area contributed by atoms with Crippen LogP contribution in [0.2, 0.25) is 5.15 Å². The van der Waals surface area contributed by atoms with Crippen molar-refractivity contribution in [3.63, 3.8) is 0 Å². The van der Waals surface area contributed by atoms with E-state index in [1.165, 1.54) is 16.7 Å². The summed E-state index contributed by atoms with van der Waals surface area (Å²) < 4.78 is 27.8. The molecule has 17 N–H and O–H groups in total. The number of hydrogen-bond acceptors (Lipinski definition) is 22.